The zero-order valence-corrected chi connectivity index (χ0v) is 14.6. The molecule has 0 radical (unpaired) electrons. The molecule has 2 N–H and O–H groups in total. The first kappa shape index (κ1) is 16.4. The minimum atomic E-state index is -0.313. The summed E-state index contributed by atoms with van der Waals surface area (Å²) in [5, 5.41) is 25.7. The van der Waals surface area contributed by atoms with E-state index >= 15 is 0 Å². The number of aryl methyl sites for hydroxylation is 1. The first-order valence-electron chi connectivity index (χ1n) is 8.60. The van der Waals surface area contributed by atoms with Gasteiger partial charge in [0.15, 0.2) is 11.5 Å². The van der Waals surface area contributed by atoms with Crippen molar-refractivity contribution in [3.05, 3.63) is 69.3 Å². The van der Waals surface area contributed by atoms with E-state index in [0.717, 1.165) is 28.8 Å². The molecule has 6 heteroatoms. The molecule has 6 nitrogen and oxygen atoms in total. The van der Waals surface area contributed by atoms with Crippen LogP contribution in [0.1, 0.15) is 35.1 Å². The van der Waals surface area contributed by atoms with Crippen molar-refractivity contribution in [2.75, 3.05) is 12.4 Å². The predicted molar refractivity (Wildman–Crippen MR) is 98.8 cm³/mol. The number of para-hydroxylation sites is 1. The number of hydrogen-bond donors (Lipinski definition) is 2. The molecule has 0 aromatic heterocycles. The number of hydrogen-bond acceptors (Lipinski definition) is 5. The molecule has 0 amide bonds. The maximum atomic E-state index is 11.6. The van der Waals surface area contributed by atoms with Crippen molar-refractivity contribution in [3.63, 3.8) is 0 Å². The quantitative estimate of drug-likeness (QED) is 0.484. The minimum absolute atomic E-state index is 0.0536. The molecule has 3 atom stereocenters. The van der Waals surface area contributed by atoms with Gasteiger partial charge in [-0.15, -0.1) is 0 Å². The number of nitrogens with one attached hydrogen (secondary N) is 1. The number of nitro benzene ring substituents is 1. The van der Waals surface area contributed by atoms with Crippen LogP contribution >= 0.6 is 0 Å². The van der Waals surface area contributed by atoms with Crippen LogP contribution in [0.4, 0.5) is 11.4 Å². The summed E-state index contributed by atoms with van der Waals surface area (Å²) in [6.45, 7) is 1.94. The number of phenolic OH excluding ortho intramolecular Hbond substituents is 1. The van der Waals surface area contributed by atoms with E-state index in [1.165, 1.54) is 7.11 Å². The fourth-order valence-corrected chi connectivity index (χ4v) is 4.26. The maximum absolute atomic E-state index is 11.6. The van der Waals surface area contributed by atoms with Crippen LogP contribution in [0.2, 0.25) is 0 Å². The Kier molecular flexibility index (Phi) is 3.83. The molecule has 3 unspecified atom stereocenters. The fraction of sp³-hybridized carbons (Fsp3) is 0.300. The Bertz CT molecular complexity index is 922. The molecule has 4 rings (SSSR count). The summed E-state index contributed by atoms with van der Waals surface area (Å²) < 4.78 is 5.25. The Morgan fingerprint density at radius 1 is 1.31 bits per heavy atom. The van der Waals surface area contributed by atoms with Gasteiger partial charge in [0.2, 0.25) is 0 Å². The van der Waals surface area contributed by atoms with E-state index in [0.29, 0.717) is 5.75 Å². The standard InChI is InChI=1S/C20H20N2O4/c1-11-9-10-15(22(24)25)17-12-5-3-6-13(12)19(21-18(11)17)14-7-4-8-16(26-2)20(14)23/h3-5,7-10,12-13,19,21,23H,6H2,1-2H3. The molecule has 0 fully saturated rings. The Balaban J connectivity index is 1.89. The molecule has 0 saturated heterocycles. The van der Waals surface area contributed by atoms with Crippen LogP contribution < -0.4 is 10.1 Å². The van der Waals surface area contributed by atoms with Crippen LogP contribution in [-0.2, 0) is 0 Å². The third-order valence-corrected chi connectivity index (χ3v) is 5.49. The van der Waals surface area contributed by atoms with Crippen LogP contribution in [0.3, 0.4) is 0 Å². The number of nitrogens with zero attached hydrogens (tertiary/aromatic N) is 1. The molecule has 0 saturated carbocycles. The molecular weight excluding hydrogens is 332 g/mol. The van der Waals surface area contributed by atoms with Gasteiger partial charge in [-0.1, -0.05) is 30.4 Å². The smallest absolute Gasteiger partial charge is 0.275 e. The molecule has 1 aliphatic carbocycles. The van der Waals surface area contributed by atoms with Gasteiger partial charge in [0, 0.05) is 23.2 Å². The first-order chi connectivity index (χ1) is 12.5. The lowest BCUT2D eigenvalue weighted by molar-refractivity contribution is -0.385. The SMILES string of the molecule is COc1cccc(C2Nc3c(C)ccc([N+](=O)[O-])c3C3C=CCC32)c1O. The van der Waals surface area contributed by atoms with Gasteiger partial charge < -0.3 is 15.2 Å². The van der Waals surface area contributed by atoms with Crippen LogP contribution in [0.15, 0.2) is 42.5 Å². The summed E-state index contributed by atoms with van der Waals surface area (Å²) in [7, 11) is 1.52. The van der Waals surface area contributed by atoms with E-state index in [1.807, 2.05) is 19.1 Å². The van der Waals surface area contributed by atoms with E-state index in [1.54, 1.807) is 18.2 Å². The van der Waals surface area contributed by atoms with E-state index in [9.17, 15) is 15.2 Å². The molecule has 1 aliphatic heterocycles. The molecule has 0 spiro atoms. The van der Waals surface area contributed by atoms with Gasteiger partial charge in [-0.2, -0.15) is 0 Å². The highest BCUT2D eigenvalue weighted by Gasteiger charge is 2.43. The number of nitro groups is 1. The highest BCUT2D eigenvalue weighted by atomic mass is 16.6. The second-order valence-corrected chi connectivity index (χ2v) is 6.82. The summed E-state index contributed by atoms with van der Waals surface area (Å²) in [4.78, 5) is 11.2. The lowest BCUT2D eigenvalue weighted by atomic mass is 9.75. The van der Waals surface area contributed by atoms with Crippen LogP contribution in [-0.4, -0.2) is 17.1 Å². The largest absolute Gasteiger partial charge is 0.504 e. The van der Waals surface area contributed by atoms with Gasteiger partial charge in [0.1, 0.15) is 0 Å². The zero-order valence-electron chi connectivity index (χ0n) is 14.6. The Hall–Kier alpha value is -3.02. The highest BCUT2D eigenvalue weighted by Crippen LogP contribution is 2.54. The predicted octanol–water partition coefficient (Wildman–Crippen LogP) is 4.44. The maximum Gasteiger partial charge on any atom is 0.275 e. The summed E-state index contributed by atoms with van der Waals surface area (Å²) in [5.74, 6) is 0.584. The van der Waals surface area contributed by atoms with Gasteiger partial charge in [-0.25, -0.2) is 0 Å². The third-order valence-electron chi connectivity index (χ3n) is 5.49. The molecule has 26 heavy (non-hydrogen) atoms. The van der Waals surface area contributed by atoms with Crippen molar-refractivity contribution in [3.8, 4) is 11.5 Å². The van der Waals surface area contributed by atoms with Crippen molar-refractivity contribution in [1.29, 1.82) is 0 Å². The first-order valence-corrected chi connectivity index (χ1v) is 8.60. The lowest BCUT2D eigenvalue weighted by Crippen LogP contribution is -2.30. The molecule has 0 bridgehead atoms. The number of methoxy groups -OCH3 is 1. The van der Waals surface area contributed by atoms with Crippen molar-refractivity contribution in [1.82, 2.24) is 0 Å². The van der Waals surface area contributed by atoms with Crippen molar-refractivity contribution < 1.29 is 14.8 Å². The van der Waals surface area contributed by atoms with Crippen molar-refractivity contribution in [2.24, 2.45) is 5.92 Å². The highest BCUT2D eigenvalue weighted by molar-refractivity contribution is 5.71. The average Bonchev–Trinajstić information content (AvgIpc) is 3.11. The Labute approximate surface area is 151 Å². The van der Waals surface area contributed by atoms with Crippen LogP contribution in [0.5, 0.6) is 11.5 Å². The zero-order chi connectivity index (χ0) is 18.4. The third kappa shape index (κ3) is 2.33. The van der Waals surface area contributed by atoms with Crippen molar-refractivity contribution in [2.45, 2.75) is 25.3 Å². The summed E-state index contributed by atoms with van der Waals surface area (Å²) in [5.41, 5.74) is 3.39. The molecular formula is C20H20N2O4. The Morgan fingerprint density at radius 3 is 2.85 bits per heavy atom. The van der Waals surface area contributed by atoms with Gasteiger partial charge >= 0.3 is 0 Å². The number of phenols is 1. The number of aromatic hydroxyl groups is 1. The second-order valence-electron chi connectivity index (χ2n) is 6.82. The summed E-state index contributed by atoms with van der Waals surface area (Å²) in [6, 6.07) is 8.65. The van der Waals surface area contributed by atoms with Crippen LogP contribution in [0, 0.1) is 23.0 Å². The second kappa shape index (κ2) is 6.05. The molecule has 2 aromatic rings. The van der Waals surface area contributed by atoms with Gasteiger partial charge in [0.05, 0.1) is 23.6 Å². The Morgan fingerprint density at radius 2 is 2.12 bits per heavy atom. The number of allylic oxidation sites excluding steroid dienone is 2. The van der Waals surface area contributed by atoms with Crippen LogP contribution in [0.25, 0.3) is 0 Å². The van der Waals surface area contributed by atoms with E-state index in [2.05, 4.69) is 17.5 Å². The number of ether oxygens (including phenoxy) is 1. The van der Waals surface area contributed by atoms with Gasteiger partial charge in [-0.05, 0) is 30.9 Å². The normalized spacial score (nSPS) is 23.1. The lowest BCUT2D eigenvalue weighted by Gasteiger charge is -2.38. The number of benzene rings is 2. The van der Waals surface area contributed by atoms with Gasteiger partial charge in [0.25, 0.3) is 5.69 Å². The van der Waals surface area contributed by atoms with Crippen molar-refractivity contribution >= 4 is 11.4 Å². The molecule has 134 valence electrons. The molecule has 2 aromatic carbocycles. The summed E-state index contributed by atoms with van der Waals surface area (Å²) >= 11 is 0. The molecule has 2 aliphatic rings. The number of rotatable bonds is 3. The number of fused-ring (bicyclic) bond motifs is 3. The monoisotopic (exact) mass is 352 g/mol. The van der Waals surface area contributed by atoms with E-state index in [4.69, 9.17) is 4.74 Å². The number of anilines is 1. The summed E-state index contributed by atoms with van der Waals surface area (Å²) in [6.07, 6.45) is 4.92. The fourth-order valence-electron chi connectivity index (χ4n) is 4.26. The van der Waals surface area contributed by atoms with Gasteiger partial charge in [-0.3, -0.25) is 10.1 Å². The average molecular weight is 352 g/mol. The van der Waals surface area contributed by atoms with E-state index in [-0.39, 0.29) is 34.2 Å². The molecule has 1 heterocycles. The topological polar surface area (TPSA) is 84.6 Å². The van der Waals surface area contributed by atoms with E-state index < -0.39 is 0 Å². The minimum Gasteiger partial charge on any atom is -0.504 e.